The van der Waals surface area contributed by atoms with E-state index < -0.39 is 15.9 Å². The van der Waals surface area contributed by atoms with Crippen LogP contribution in [0, 0.1) is 0 Å². The van der Waals surface area contributed by atoms with Crippen molar-refractivity contribution in [3.05, 3.63) is 11.3 Å². The molecular weight excluding hydrogens is 262 g/mol. The van der Waals surface area contributed by atoms with Crippen molar-refractivity contribution < 1.29 is 0 Å². The Balaban J connectivity index is 4.67. The van der Waals surface area contributed by atoms with Crippen molar-refractivity contribution >= 4 is 15.9 Å². The van der Waals surface area contributed by atoms with Crippen LogP contribution in [0.15, 0.2) is 11.3 Å². The molecule has 1 nitrogen and oxygen atoms in total. The molecule has 0 saturated carbocycles. The van der Waals surface area contributed by atoms with Crippen molar-refractivity contribution in [3.63, 3.8) is 0 Å². The highest BCUT2D eigenvalue weighted by Gasteiger charge is 2.35. The molecule has 3 heteroatoms. The van der Waals surface area contributed by atoms with E-state index in [1.807, 2.05) is 0 Å². The summed E-state index contributed by atoms with van der Waals surface area (Å²) in [4.78, 5) is 0. The Morgan fingerprint density at radius 1 is 1.11 bits per heavy atom. The Labute approximate surface area is 124 Å². The summed E-state index contributed by atoms with van der Waals surface area (Å²) in [5.41, 5.74) is 4.30. The third-order valence-electron chi connectivity index (χ3n) is 4.68. The number of rotatable bonds is 10. The molecule has 0 aromatic carbocycles. The van der Waals surface area contributed by atoms with E-state index in [0.717, 1.165) is 0 Å². The molecule has 0 radical (unpaired) electrons. The van der Waals surface area contributed by atoms with Gasteiger partial charge in [0.2, 0.25) is 0 Å². The van der Waals surface area contributed by atoms with Crippen LogP contribution in [0.5, 0.6) is 0 Å². The van der Waals surface area contributed by atoms with Crippen LogP contribution in [-0.2, 0) is 0 Å². The molecule has 0 aromatic rings. The van der Waals surface area contributed by atoms with Crippen molar-refractivity contribution in [1.82, 2.24) is 5.32 Å². The highest BCUT2D eigenvalue weighted by atomic mass is 29.2. The minimum Gasteiger partial charge on any atom is -0.315 e. The molecule has 0 heterocycles. The maximum atomic E-state index is 3.58. The summed E-state index contributed by atoms with van der Waals surface area (Å²) < 4.78 is 0. The first-order valence-electron chi connectivity index (χ1n) is 8.30. The Morgan fingerprint density at radius 3 is 2.00 bits per heavy atom. The Hall–Kier alpha value is 0.134. The van der Waals surface area contributed by atoms with Gasteiger partial charge in [-0.15, -0.1) is 5.70 Å². The summed E-state index contributed by atoms with van der Waals surface area (Å²) in [5, 5.41) is 3.58. The molecule has 1 N–H and O–H groups in total. The van der Waals surface area contributed by atoms with Crippen LogP contribution in [-0.4, -0.2) is 28.5 Å². The van der Waals surface area contributed by atoms with Gasteiger partial charge in [0.15, 0.2) is 0 Å². The molecule has 0 aliphatic rings. The number of allylic oxidation sites excluding steroid dienone is 1. The monoisotopic (exact) mass is 299 g/mol. The molecule has 0 rings (SSSR count). The molecule has 0 saturated heterocycles. The topological polar surface area (TPSA) is 12.0 Å². The van der Waals surface area contributed by atoms with Gasteiger partial charge < -0.3 is 5.32 Å². The molecular formula is C16H37NSi2. The number of hydrogen-bond acceptors (Lipinski definition) is 1. The Bertz CT molecular complexity index is 245. The van der Waals surface area contributed by atoms with Crippen LogP contribution in [0.2, 0.25) is 24.2 Å². The van der Waals surface area contributed by atoms with Gasteiger partial charge in [0.25, 0.3) is 0 Å². The fraction of sp³-hybridized carbons (Fsp3) is 0.875. The minimum absolute atomic E-state index is 0.633. The predicted octanol–water partition coefficient (Wildman–Crippen LogP) is 4.69. The van der Waals surface area contributed by atoms with Gasteiger partial charge in [-0.25, -0.2) is 0 Å². The lowest BCUT2D eigenvalue weighted by Gasteiger charge is -2.35. The van der Waals surface area contributed by atoms with Crippen molar-refractivity contribution in [2.24, 2.45) is 0 Å². The molecule has 0 aliphatic heterocycles. The average molecular weight is 300 g/mol. The predicted molar refractivity (Wildman–Crippen MR) is 96.3 cm³/mol. The van der Waals surface area contributed by atoms with Gasteiger partial charge in [0.1, 0.15) is 0 Å². The molecule has 0 spiro atoms. The van der Waals surface area contributed by atoms with Gasteiger partial charge in [-0.05, 0) is 26.8 Å². The van der Waals surface area contributed by atoms with Gasteiger partial charge in [-0.3, -0.25) is 0 Å². The molecule has 19 heavy (non-hydrogen) atoms. The Morgan fingerprint density at radius 2 is 1.63 bits per heavy atom. The fourth-order valence-electron chi connectivity index (χ4n) is 3.22. The SMILES string of the molecule is CC[Si](CC)(CC)[SiH](C=C(C)C)CCCNC(C)C. The first-order valence-corrected chi connectivity index (χ1v) is 14.2. The smallest absolute Gasteiger partial charge is 0.0560 e. The highest BCUT2D eigenvalue weighted by molar-refractivity contribution is 7.35. The lowest BCUT2D eigenvalue weighted by atomic mass is 10.4. The zero-order valence-corrected chi connectivity index (χ0v) is 16.6. The maximum Gasteiger partial charge on any atom is 0.0560 e. The largest absolute Gasteiger partial charge is 0.315 e. The lowest BCUT2D eigenvalue weighted by molar-refractivity contribution is 0.583. The van der Waals surface area contributed by atoms with E-state index in [0.29, 0.717) is 6.04 Å². The number of nitrogens with one attached hydrogen (secondary N) is 1. The third-order valence-corrected chi connectivity index (χ3v) is 22.3. The first-order chi connectivity index (χ1) is 8.91. The van der Waals surface area contributed by atoms with E-state index in [1.54, 1.807) is 5.57 Å². The van der Waals surface area contributed by atoms with Crippen molar-refractivity contribution in [2.45, 2.75) is 85.1 Å². The van der Waals surface area contributed by atoms with Crippen LogP contribution in [0.3, 0.4) is 0 Å². The summed E-state index contributed by atoms with van der Waals surface area (Å²) in [7, 11) is -1.62. The zero-order chi connectivity index (χ0) is 14.9. The molecule has 114 valence electrons. The fourth-order valence-corrected chi connectivity index (χ4v) is 18.1. The second-order valence-electron chi connectivity index (χ2n) is 6.52. The molecule has 0 fully saturated rings. The number of hydrogen-bond donors (Lipinski definition) is 1. The van der Waals surface area contributed by atoms with Crippen LogP contribution in [0.25, 0.3) is 0 Å². The van der Waals surface area contributed by atoms with E-state index >= 15 is 0 Å². The van der Waals surface area contributed by atoms with E-state index in [1.165, 1.54) is 37.1 Å². The molecule has 0 bridgehead atoms. The van der Waals surface area contributed by atoms with Crippen LogP contribution in [0.1, 0.15) is 54.9 Å². The second-order valence-corrected chi connectivity index (χ2v) is 19.4. The normalized spacial score (nSPS) is 13.7. The van der Waals surface area contributed by atoms with Crippen LogP contribution >= 0.6 is 0 Å². The van der Waals surface area contributed by atoms with E-state index in [-0.39, 0.29) is 0 Å². The van der Waals surface area contributed by atoms with Crippen LogP contribution in [0.4, 0.5) is 0 Å². The maximum absolute atomic E-state index is 3.58. The summed E-state index contributed by atoms with van der Waals surface area (Å²) in [6, 6.07) is 6.65. The van der Waals surface area contributed by atoms with E-state index in [2.05, 4.69) is 59.5 Å². The summed E-state index contributed by atoms with van der Waals surface area (Å²) in [6.45, 7) is 17.7. The highest BCUT2D eigenvalue weighted by Crippen LogP contribution is 2.27. The molecule has 0 aliphatic carbocycles. The third kappa shape index (κ3) is 6.91. The average Bonchev–Trinajstić information content (AvgIpc) is 2.36. The van der Waals surface area contributed by atoms with Gasteiger partial charge in [0, 0.05) is 13.6 Å². The van der Waals surface area contributed by atoms with Gasteiger partial charge in [-0.2, -0.15) is 0 Å². The Kier molecular flexibility index (Phi) is 10.0. The summed E-state index contributed by atoms with van der Waals surface area (Å²) in [6.07, 6.45) is 1.38. The summed E-state index contributed by atoms with van der Waals surface area (Å²) >= 11 is 0. The van der Waals surface area contributed by atoms with Crippen molar-refractivity contribution in [1.29, 1.82) is 0 Å². The van der Waals surface area contributed by atoms with Crippen LogP contribution < -0.4 is 5.32 Å². The lowest BCUT2D eigenvalue weighted by Crippen LogP contribution is -2.49. The van der Waals surface area contributed by atoms with Crippen molar-refractivity contribution in [3.8, 4) is 0 Å². The first kappa shape index (κ1) is 19.1. The van der Waals surface area contributed by atoms with Gasteiger partial charge >= 0.3 is 0 Å². The molecule has 1 unspecified atom stereocenters. The van der Waals surface area contributed by atoms with E-state index in [9.17, 15) is 0 Å². The van der Waals surface area contributed by atoms with Crippen molar-refractivity contribution in [2.75, 3.05) is 6.54 Å². The van der Waals surface area contributed by atoms with E-state index in [4.69, 9.17) is 0 Å². The molecule has 0 amide bonds. The standard InChI is InChI=1S/C16H37NSi2/c1-8-19(9-2,10-3)18(14-15(4)5)13-11-12-17-16(6)7/h14,16-18H,8-13H2,1-7H3. The molecule has 0 aromatic heterocycles. The summed E-state index contributed by atoms with van der Waals surface area (Å²) in [5.74, 6) is 0. The van der Waals surface area contributed by atoms with Gasteiger partial charge in [0.05, 0.1) is 8.31 Å². The minimum atomic E-state index is -0.952. The zero-order valence-electron chi connectivity index (χ0n) is 14.5. The van der Waals surface area contributed by atoms with Gasteiger partial charge in [-0.1, -0.05) is 64.4 Å². The second kappa shape index (κ2) is 9.95. The molecule has 1 atom stereocenters. The quantitative estimate of drug-likeness (QED) is 0.456.